The zero-order valence-corrected chi connectivity index (χ0v) is 12.4. The van der Waals surface area contributed by atoms with Gasteiger partial charge in [-0.25, -0.2) is 0 Å². The maximum absolute atomic E-state index is 12.2. The van der Waals surface area contributed by atoms with E-state index in [-0.39, 0.29) is 23.8 Å². The average Bonchev–Trinajstić information content (AvgIpc) is 2.87. The van der Waals surface area contributed by atoms with Gasteiger partial charge in [0.15, 0.2) is 0 Å². The smallest absolute Gasteiger partial charge is 0.233 e. The Kier molecular flexibility index (Phi) is 5.37. The van der Waals surface area contributed by atoms with Crippen molar-refractivity contribution >= 4 is 11.8 Å². The first-order valence-corrected chi connectivity index (χ1v) is 7.54. The largest absolute Gasteiger partial charge is 0.358 e. The van der Waals surface area contributed by atoms with Crippen molar-refractivity contribution in [1.82, 2.24) is 20.9 Å². The molecule has 114 valence electrons. The van der Waals surface area contributed by atoms with Gasteiger partial charge in [0.25, 0.3) is 0 Å². The summed E-state index contributed by atoms with van der Waals surface area (Å²) in [4.78, 5) is 25.7. The van der Waals surface area contributed by atoms with Gasteiger partial charge in [0.1, 0.15) is 0 Å². The van der Waals surface area contributed by atoms with Crippen LogP contribution in [0.15, 0.2) is 0 Å². The Hall–Kier alpha value is -1.14. The number of likely N-dealkylation sites (N-methyl/N-ethyl adjacent to an activating group) is 1. The lowest BCUT2D eigenvalue weighted by Gasteiger charge is -2.32. The summed E-state index contributed by atoms with van der Waals surface area (Å²) in [6.07, 6.45) is 1.86. The SMILES string of the molecule is CNC(=O)CN1CCC(NC(=O)[C@@H]2CNC[C@H]2C)CC1. The second-order valence-electron chi connectivity index (χ2n) is 5.97. The molecule has 2 heterocycles. The summed E-state index contributed by atoms with van der Waals surface area (Å²) in [7, 11) is 1.66. The third-order valence-electron chi connectivity index (χ3n) is 4.43. The molecule has 2 rings (SSSR count). The van der Waals surface area contributed by atoms with E-state index in [0.29, 0.717) is 12.5 Å². The van der Waals surface area contributed by atoms with Crippen molar-refractivity contribution in [1.29, 1.82) is 0 Å². The molecule has 2 aliphatic rings. The van der Waals surface area contributed by atoms with Crippen molar-refractivity contribution in [3.63, 3.8) is 0 Å². The highest BCUT2D eigenvalue weighted by atomic mass is 16.2. The van der Waals surface area contributed by atoms with Crippen molar-refractivity contribution in [3.8, 4) is 0 Å². The zero-order chi connectivity index (χ0) is 14.5. The number of carbonyl (C=O) groups is 2. The molecular formula is C14H26N4O2. The van der Waals surface area contributed by atoms with Crippen LogP contribution in [0.25, 0.3) is 0 Å². The van der Waals surface area contributed by atoms with Crippen LogP contribution in [0.5, 0.6) is 0 Å². The lowest BCUT2D eigenvalue weighted by atomic mass is 9.96. The maximum Gasteiger partial charge on any atom is 0.233 e. The fourth-order valence-corrected chi connectivity index (χ4v) is 2.99. The van der Waals surface area contributed by atoms with Crippen LogP contribution in [0.2, 0.25) is 0 Å². The predicted molar refractivity (Wildman–Crippen MR) is 77.2 cm³/mol. The van der Waals surface area contributed by atoms with Gasteiger partial charge in [0.05, 0.1) is 12.5 Å². The minimum atomic E-state index is 0.0540. The Balaban J connectivity index is 1.71. The summed E-state index contributed by atoms with van der Waals surface area (Å²) < 4.78 is 0. The highest BCUT2D eigenvalue weighted by Crippen LogP contribution is 2.17. The van der Waals surface area contributed by atoms with Gasteiger partial charge < -0.3 is 16.0 Å². The van der Waals surface area contributed by atoms with Crippen LogP contribution >= 0.6 is 0 Å². The van der Waals surface area contributed by atoms with Crippen molar-refractivity contribution in [3.05, 3.63) is 0 Å². The Morgan fingerprint density at radius 2 is 1.95 bits per heavy atom. The van der Waals surface area contributed by atoms with Gasteiger partial charge in [-0.3, -0.25) is 14.5 Å². The molecule has 3 N–H and O–H groups in total. The second kappa shape index (κ2) is 7.04. The van der Waals surface area contributed by atoms with Crippen molar-refractivity contribution < 1.29 is 9.59 Å². The number of carbonyl (C=O) groups excluding carboxylic acids is 2. The minimum absolute atomic E-state index is 0.0540. The topological polar surface area (TPSA) is 73.5 Å². The molecule has 2 atom stereocenters. The van der Waals surface area contributed by atoms with Gasteiger partial charge in [-0.2, -0.15) is 0 Å². The fraction of sp³-hybridized carbons (Fsp3) is 0.857. The summed E-state index contributed by atoms with van der Waals surface area (Å²) in [6, 6.07) is 0.260. The van der Waals surface area contributed by atoms with E-state index in [2.05, 4.69) is 27.8 Å². The minimum Gasteiger partial charge on any atom is -0.358 e. The first-order chi connectivity index (χ1) is 9.60. The van der Waals surface area contributed by atoms with Crippen LogP contribution in [-0.4, -0.2) is 62.5 Å². The summed E-state index contributed by atoms with van der Waals surface area (Å²) in [5.41, 5.74) is 0. The van der Waals surface area contributed by atoms with Crippen LogP contribution in [-0.2, 0) is 9.59 Å². The molecule has 0 spiro atoms. The van der Waals surface area contributed by atoms with Crippen molar-refractivity contribution in [2.75, 3.05) is 39.8 Å². The molecule has 0 radical (unpaired) electrons. The number of rotatable bonds is 4. The molecule has 6 nitrogen and oxygen atoms in total. The third-order valence-corrected chi connectivity index (χ3v) is 4.43. The molecule has 2 saturated heterocycles. The Labute approximate surface area is 120 Å². The number of nitrogens with zero attached hydrogens (tertiary/aromatic N) is 1. The van der Waals surface area contributed by atoms with E-state index in [1.165, 1.54) is 0 Å². The molecule has 0 aromatic rings. The molecule has 0 saturated carbocycles. The molecule has 20 heavy (non-hydrogen) atoms. The Morgan fingerprint density at radius 1 is 1.25 bits per heavy atom. The highest BCUT2D eigenvalue weighted by molar-refractivity contribution is 5.80. The van der Waals surface area contributed by atoms with E-state index in [0.717, 1.165) is 39.0 Å². The van der Waals surface area contributed by atoms with Crippen LogP contribution in [0, 0.1) is 11.8 Å². The fourth-order valence-electron chi connectivity index (χ4n) is 2.99. The molecule has 0 unspecified atom stereocenters. The van der Waals surface area contributed by atoms with E-state index < -0.39 is 0 Å². The number of nitrogens with one attached hydrogen (secondary N) is 3. The Morgan fingerprint density at radius 3 is 2.50 bits per heavy atom. The monoisotopic (exact) mass is 282 g/mol. The van der Waals surface area contributed by atoms with E-state index in [1.807, 2.05) is 0 Å². The number of likely N-dealkylation sites (tertiary alicyclic amines) is 1. The normalized spacial score (nSPS) is 28.3. The third kappa shape index (κ3) is 3.93. The second-order valence-corrected chi connectivity index (χ2v) is 5.97. The molecule has 0 aromatic carbocycles. The molecule has 0 aromatic heterocycles. The van der Waals surface area contributed by atoms with Gasteiger partial charge in [-0.1, -0.05) is 6.92 Å². The summed E-state index contributed by atoms with van der Waals surface area (Å²) in [5.74, 6) is 0.771. The first-order valence-electron chi connectivity index (χ1n) is 7.54. The van der Waals surface area contributed by atoms with Gasteiger partial charge in [-0.15, -0.1) is 0 Å². The number of amides is 2. The van der Waals surface area contributed by atoms with Crippen LogP contribution in [0.4, 0.5) is 0 Å². The summed E-state index contributed by atoms with van der Waals surface area (Å²) >= 11 is 0. The average molecular weight is 282 g/mol. The van der Waals surface area contributed by atoms with Crippen LogP contribution < -0.4 is 16.0 Å². The highest BCUT2D eigenvalue weighted by Gasteiger charge is 2.31. The van der Waals surface area contributed by atoms with Crippen LogP contribution in [0.3, 0.4) is 0 Å². The number of piperidine rings is 1. The molecular weight excluding hydrogens is 256 g/mol. The summed E-state index contributed by atoms with van der Waals surface area (Å²) in [5, 5.41) is 9.08. The molecule has 2 aliphatic heterocycles. The van der Waals surface area contributed by atoms with Gasteiger partial charge in [0, 0.05) is 32.7 Å². The predicted octanol–water partition coefficient (Wildman–Crippen LogP) is -0.831. The van der Waals surface area contributed by atoms with Gasteiger partial charge >= 0.3 is 0 Å². The van der Waals surface area contributed by atoms with Gasteiger partial charge in [0.2, 0.25) is 11.8 Å². The molecule has 0 aliphatic carbocycles. The van der Waals surface area contributed by atoms with E-state index in [9.17, 15) is 9.59 Å². The van der Waals surface area contributed by atoms with Crippen molar-refractivity contribution in [2.45, 2.75) is 25.8 Å². The van der Waals surface area contributed by atoms with Crippen molar-refractivity contribution in [2.24, 2.45) is 11.8 Å². The molecule has 2 amide bonds. The van der Waals surface area contributed by atoms with E-state index in [4.69, 9.17) is 0 Å². The molecule has 0 bridgehead atoms. The van der Waals surface area contributed by atoms with Crippen LogP contribution in [0.1, 0.15) is 19.8 Å². The molecule has 2 fully saturated rings. The lowest BCUT2D eigenvalue weighted by molar-refractivity contribution is -0.127. The number of hydrogen-bond acceptors (Lipinski definition) is 4. The van der Waals surface area contributed by atoms with Gasteiger partial charge in [-0.05, 0) is 25.3 Å². The molecule has 6 heteroatoms. The lowest BCUT2D eigenvalue weighted by Crippen LogP contribution is -2.48. The standard InChI is InChI=1S/C14H26N4O2/c1-10-7-16-8-12(10)14(20)17-11-3-5-18(6-4-11)9-13(19)15-2/h10-12,16H,3-9H2,1-2H3,(H,15,19)(H,17,20)/t10-,12-/m1/s1. The maximum atomic E-state index is 12.2. The quantitative estimate of drug-likeness (QED) is 0.629. The number of hydrogen-bond donors (Lipinski definition) is 3. The van der Waals surface area contributed by atoms with E-state index in [1.54, 1.807) is 7.05 Å². The van der Waals surface area contributed by atoms with E-state index >= 15 is 0 Å². The first kappa shape index (κ1) is 15.3. The summed E-state index contributed by atoms with van der Waals surface area (Å²) in [6.45, 7) is 6.05. The zero-order valence-electron chi connectivity index (χ0n) is 12.4. The Bertz CT molecular complexity index is 353.